The van der Waals surface area contributed by atoms with E-state index in [2.05, 4.69) is 21.0 Å². The van der Waals surface area contributed by atoms with Crippen LogP contribution in [0.3, 0.4) is 0 Å². The molecule has 4 heterocycles. The number of carbonyl (C=O) groups is 2. The molecule has 0 spiro atoms. The molecule has 2 aliphatic rings. The maximum Gasteiger partial charge on any atom is 0.305 e. The molecule has 0 aromatic carbocycles. The van der Waals surface area contributed by atoms with Crippen LogP contribution in [0.2, 0.25) is 0 Å². The van der Waals surface area contributed by atoms with Gasteiger partial charge in [-0.05, 0) is 56.2 Å². The average Bonchev–Trinajstić information content (AvgIpc) is 3.20. The van der Waals surface area contributed by atoms with Crippen molar-refractivity contribution in [1.29, 1.82) is 0 Å². The molecule has 1 saturated carbocycles. The van der Waals surface area contributed by atoms with E-state index in [1.807, 2.05) is 4.40 Å². The van der Waals surface area contributed by atoms with Gasteiger partial charge in [-0.2, -0.15) is 0 Å². The number of fused-ring (bicyclic) bond motifs is 5. The number of furan rings is 1. The van der Waals surface area contributed by atoms with E-state index in [0.717, 1.165) is 47.4 Å². The van der Waals surface area contributed by atoms with Crippen molar-refractivity contribution >= 4 is 50.8 Å². The zero-order valence-electron chi connectivity index (χ0n) is 17.1. The van der Waals surface area contributed by atoms with Gasteiger partial charge in [0, 0.05) is 10.8 Å². The van der Waals surface area contributed by atoms with Gasteiger partial charge < -0.3 is 4.42 Å². The highest BCUT2D eigenvalue weighted by Crippen LogP contribution is 2.44. The Morgan fingerprint density at radius 2 is 2.09 bits per heavy atom. The molecule has 0 radical (unpaired) electrons. The highest BCUT2D eigenvalue weighted by atomic mass is 32.2. The van der Waals surface area contributed by atoms with Gasteiger partial charge in [0.15, 0.2) is 16.6 Å². The fourth-order valence-corrected chi connectivity index (χ4v) is 6.13. The normalized spacial score (nSPS) is 15.8. The van der Waals surface area contributed by atoms with Crippen molar-refractivity contribution in [2.75, 3.05) is 5.75 Å². The number of thioether (sulfide) groups is 1. The van der Waals surface area contributed by atoms with Crippen LogP contribution in [0.15, 0.2) is 28.0 Å². The predicted octanol–water partition coefficient (Wildman–Crippen LogP) is 3.24. The Morgan fingerprint density at radius 1 is 1.22 bits per heavy atom. The number of hydrogen-bond donors (Lipinski definition) is 2. The van der Waals surface area contributed by atoms with Crippen LogP contribution in [0.1, 0.15) is 58.4 Å². The van der Waals surface area contributed by atoms with Crippen molar-refractivity contribution in [1.82, 2.24) is 30.4 Å². The lowest BCUT2D eigenvalue weighted by Crippen LogP contribution is -2.42. The Bertz CT molecular complexity index is 1340. The summed E-state index contributed by atoms with van der Waals surface area (Å²) in [4.78, 5) is 31.7. The molecule has 0 bridgehead atoms. The molecular weight excluding hydrogens is 448 g/mol. The first-order chi connectivity index (χ1) is 15.7. The van der Waals surface area contributed by atoms with Crippen LogP contribution >= 0.6 is 23.1 Å². The van der Waals surface area contributed by atoms with Crippen molar-refractivity contribution in [2.45, 2.75) is 49.6 Å². The molecule has 2 aliphatic carbocycles. The summed E-state index contributed by atoms with van der Waals surface area (Å²) in [7, 11) is 0. The third-order valence-electron chi connectivity index (χ3n) is 5.79. The standard InChI is InChI=1S/C21H20N6O3S2/c28-15(23-25-19(29)13-5-3-9-30-13)10-31-21-26-24-18-16-12-4-1-2-6-14(12)32-20(16)22-17(27(18)21)11-7-8-11/h3,5,9,11H,1-2,4,6-8,10H2,(H,23,28)(H,25,29). The number of hydrazine groups is 1. The summed E-state index contributed by atoms with van der Waals surface area (Å²) in [5, 5.41) is 10.7. The quantitative estimate of drug-likeness (QED) is 0.341. The van der Waals surface area contributed by atoms with Gasteiger partial charge in [-0.3, -0.25) is 24.8 Å². The number of thiophene rings is 1. The Labute approximate surface area is 191 Å². The molecule has 0 saturated heterocycles. The van der Waals surface area contributed by atoms with Gasteiger partial charge in [-0.15, -0.1) is 21.5 Å². The summed E-state index contributed by atoms with van der Waals surface area (Å²) in [6, 6.07) is 3.13. The molecule has 4 aromatic rings. The Hall–Kier alpha value is -2.92. The second kappa shape index (κ2) is 7.89. The van der Waals surface area contributed by atoms with Crippen LogP contribution in [0.4, 0.5) is 0 Å². The molecular formula is C21H20N6O3S2. The number of nitrogens with zero attached hydrogens (tertiary/aromatic N) is 4. The topological polar surface area (TPSA) is 114 Å². The van der Waals surface area contributed by atoms with Crippen molar-refractivity contribution in [3.8, 4) is 0 Å². The van der Waals surface area contributed by atoms with Crippen molar-refractivity contribution in [3.05, 3.63) is 40.4 Å². The first kappa shape index (κ1) is 19.7. The maximum atomic E-state index is 12.3. The van der Waals surface area contributed by atoms with E-state index in [-0.39, 0.29) is 17.4 Å². The lowest BCUT2D eigenvalue weighted by atomic mass is 9.97. The third-order valence-corrected chi connectivity index (χ3v) is 7.90. The Balaban J connectivity index is 1.26. The first-order valence-corrected chi connectivity index (χ1v) is 12.4. The van der Waals surface area contributed by atoms with Gasteiger partial charge in [0.2, 0.25) is 5.91 Å². The zero-order valence-corrected chi connectivity index (χ0v) is 18.7. The minimum Gasteiger partial charge on any atom is -0.459 e. The first-order valence-electron chi connectivity index (χ1n) is 10.6. The number of rotatable bonds is 5. The molecule has 0 unspecified atom stereocenters. The van der Waals surface area contributed by atoms with E-state index in [9.17, 15) is 9.59 Å². The summed E-state index contributed by atoms with van der Waals surface area (Å²) in [6.45, 7) is 0. The molecule has 2 amide bonds. The zero-order chi connectivity index (χ0) is 21.7. The monoisotopic (exact) mass is 468 g/mol. The third kappa shape index (κ3) is 3.45. The maximum absolute atomic E-state index is 12.3. The minimum absolute atomic E-state index is 0.0864. The number of aromatic nitrogens is 4. The van der Waals surface area contributed by atoms with E-state index >= 15 is 0 Å². The van der Waals surface area contributed by atoms with Gasteiger partial charge in [0.05, 0.1) is 17.4 Å². The summed E-state index contributed by atoms with van der Waals surface area (Å²) in [5.41, 5.74) is 6.98. The summed E-state index contributed by atoms with van der Waals surface area (Å²) < 4.78 is 7.05. The molecule has 1 fully saturated rings. The van der Waals surface area contributed by atoms with E-state index in [0.29, 0.717) is 11.1 Å². The van der Waals surface area contributed by atoms with Crippen LogP contribution < -0.4 is 10.9 Å². The summed E-state index contributed by atoms with van der Waals surface area (Å²) in [5.74, 6) is 0.767. The van der Waals surface area contributed by atoms with Crippen LogP contribution in [0.5, 0.6) is 0 Å². The average molecular weight is 469 g/mol. The number of nitrogens with one attached hydrogen (secondary N) is 2. The molecule has 32 heavy (non-hydrogen) atoms. The highest BCUT2D eigenvalue weighted by Gasteiger charge is 2.32. The predicted molar refractivity (Wildman–Crippen MR) is 120 cm³/mol. The fraction of sp³-hybridized carbons (Fsp3) is 0.381. The molecule has 2 N–H and O–H groups in total. The molecule has 11 heteroatoms. The van der Waals surface area contributed by atoms with Gasteiger partial charge in [-0.1, -0.05) is 11.8 Å². The summed E-state index contributed by atoms with van der Waals surface area (Å²) in [6.07, 6.45) is 8.21. The van der Waals surface area contributed by atoms with E-state index < -0.39 is 5.91 Å². The highest BCUT2D eigenvalue weighted by molar-refractivity contribution is 7.99. The van der Waals surface area contributed by atoms with E-state index in [1.165, 1.54) is 47.4 Å². The van der Waals surface area contributed by atoms with E-state index in [1.54, 1.807) is 17.4 Å². The molecule has 4 aromatic heterocycles. The molecule has 164 valence electrons. The second-order valence-corrected chi connectivity index (χ2v) is 10.1. The SMILES string of the molecule is O=C(CSc1nnc2c3c4c(sc3nc(C3CC3)n12)CCCC4)NNC(=O)c1ccco1. The molecule has 6 rings (SSSR count). The van der Waals surface area contributed by atoms with Gasteiger partial charge in [0.25, 0.3) is 0 Å². The smallest absolute Gasteiger partial charge is 0.305 e. The number of carbonyl (C=O) groups excluding carboxylic acids is 2. The van der Waals surface area contributed by atoms with Crippen molar-refractivity contribution in [3.63, 3.8) is 0 Å². The van der Waals surface area contributed by atoms with Crippen molar-refractivity contribution in [2.24, 2.45) is 0 Å². The fourth-order valence-electron chi connectivity index (χ4n) is 4.12. The number of amides is 2. The van der Waals surface area contributed by atoms with Crippen LogP contribution in [0, 0.1) is 0 Å². The largest absolute Gasteiger partial charge is 0.459 e. The number of hydrogen-bond acceptors (Lipinski definition) is 8. The molecule has 0 atom stereocenters. The van der Waals surface area contributed by atoms with Crippen LogP contribution in [-0.2, 0) is 17.6 Å². The van der Waals surface area contributed by atoms with Gasteiger partial charge in [-0.25, -0.2) is 4.98 Å². The molecule has 0 aliphatic heterocycles. The Kier molecular flexibility index (Phi) is 4.87. The van der Waals surface area contributed by atoms with Crippen molar-refractivity contribution < 1.29 is 14.0 Å². The van der Waals surface area contributed by atoms with E-state index in [4.69, 9.17) is 9.40 Å². The Morgan fingerprint density at radius 3 is 2.91 bits per heavy atom. The van der Waals surface area contributed by atoms with Crippen LogP contribution in [-0.4, -0.2) is 37.1 Å². The number of aryl methyl sites for hydroxylation is 2. The van der Waals surface area contributed by atoms with Gasteiger partial charge in [0.1, 0.15) is 10.7 Å². The lowest BCUT2D eigenvalue weighted by Gasteiger charge is -2.11. The van der Waals surface area contributed by atoms with Gasteiger partial charge >= 0.3 is 5.91 Å². The van der Waals surface area contributed by atoms with Crippen LogP contribution in [0.25, 0.3) is 15.9 Å². The minimum atomic E-state index is -0.508. The second-order valence-electron chi connectivity index (χ2n) is 8.05. The lowest BCUT2D eigenvalue weighted by molar-refractivity contribution is -0.119. The molecule has 9 nitrogen and oxygen atoms in total. The summed E-state index contributed by atoms with van der Waals surface area (Å²) >= 11 is 3.09.